The minimum Gasteiger partial charge on any atom is -0.313 e. The van der Waals surface area contributed by atoms with Crippen molar-refractivity contribution in [3.05, 3.63) is 38.8 Å². The van der Waals surface area contributed by atoms with Gasteiger partial charge in [0.2, 0.25) is 0 Å². The molecule has 2 aromatic heterocycles. The third-order valence-corrected chi connectivity index (χ3v) is 2.94. The second kappa shape index (κ2) is 4.47. The molecule has 0 fully saturated rings. The first-order chi connectivity index (χ1) is 8.13. The Labute approximate surface area is 99.4 Å². The molecule has 0 saturated carbocycles. The summed E-state index contributed by atoms with van der Waals surface area (Å²) in [5.74, 6) is 5.27. The molecule has 0 saturated heterocycles. The Kier molecular flexibility index (Phi) is 3.02. The van der Waals surface area contributed by atoms with Crippen LogP contribution in [0.25, 0.3) is 0 Å². The van der Waals surface area contributed by atoms with Crippen LogP contribution in [0.4, 0.5) is 5.00 Å². The quantitative estimate of drug-likeness (QED) is 0.402. The molecule has 0 spiro atoms. The molecule has 0 radical (unpaired) electrons. The summed E-state index contributed by atoms with van der Waals surface area (Å²) in [5, 5.41) is 4.40. The number of nitrogens with one attached hydrogen (secondary N) is 1. The van der Waals surface area contributed by atoms with Crippen LogP contribution in [0.5, 0.6) is 0 Å². The maximum Gasteiger partial charge on any atom is 0.316 e. The zero-order valence-electron chi connectivity index (χ0n) is 8.95. The Hall–Kier alpha value is -2.00. The van der Waals surface area contributed by atoms with Gasteiger partial charge in [-0.3, -0.25) is 9.59 Å². The zero-order chi connectivity index (χ0) is 12.4. The molecule has 0 aromatic carbocycles. The lowest BCUT2D eigenvalue weighted by Crippen LogP contribution is -2.39. The fourth-order valence-corrected chi connectivity index (χ4v) is 1.78. The van der Waals surface area contributed by atoms with Crippen molar-refractivity contribution in [2.75, 3.05) is 5.43 Å². The van der Waals surface area contributed by atoms with Crippen LogP contribution in [0.2, 0.25) is 0 Å². The highest BCUT2D eigenvalue weighted by atomic mass is 32.1. The number of hydrogen-bond donors (Lipinski definition) is 2. The van der Waals surface area contributed by atoms with Crippen molar-refractivity contribution < 1.29 is 0 Å². The van der Waals surface area contributed by atoms with Gasteiger partial charge >= 0.3 is 11.1 Å². The number of aromatic nitrogens is 4. The largest absolute Gasteiger partial charge is 0.316 e. The summed E-state index contributed by atoms with van der Waals surface area (Å²) in [6.07, 6.45) is 3.03. The Morgan fingerprint density at radius 2 is 2.18 bits per heavy atom. The van der Waals surface area contributed by atoms with Gasteiger partial charge in [-0.2, -0.15) is 0 Å². The Morgan fingerprint density at radius 1 is 1.41 bits per heavy atom. The number of hydrazine groups is 1. The smallest absolute Gasteiger partial charge is 0.313 e. The number of nitrogens with zero attached hydrogens (tertiary/aromatic N) is 4. The van der Waals surface area contributed by atoms with Gasteiger partial charge in [0.05, 0.1) is 6.54 Å². The molecule has 0 aliphatic carbocycles. The molecular formula is C8H10N6O2S. The van der Waals surface area contributed by atoms with Crippen LogP contribution in [0.3, 0.4) is 0 Å². The normalized spacial score (nSPS) is 10.5. The minimum absolute atomic E-state index is 0.158. The summed E-state index contributed by atoms with van der Waals surface area (Å²) in [7, 11) is 1.52. The molecule has 0 atom stereocenters. The monoisotopic (exact) mass is 254 g/mol. The zero-order valence-corrected chi connectivity index (χ0v) is 9.77. The highest BCUT2D eigenvalue weighted by Crippen LogP contribution is 2.15. The van der Waals surface area contributed by atoms with Crippen LogP contribution in [0.1, 0.15) is 5.69 Å². The van der Waals surface area contributed by atoms with Crippen molar-refractivity contribution in [3.63, 3.8) is 0 Å². The van der Waals surface area contributed by atoms with Gasteiger partial charge in [0.15, 0.2) is 0 Å². The molecule has 17 heavy (non-hydrogen) atoms. The van der Waals surface area contributed by atoms with E-state index in [4.69, 9.17) is 5.84 Å². The first-order valence-electron chi connectivity index (χ1n) is 4.67. The van der Waals surface area contributed by atoms with E-state index in [-0.39, 0.29) is 6.54 Å². The molecule has 0 aliphatic heterocycles. The lowest BCUT2D eigenvalue weighted by molar-refractivity contribution is 0.683. The summed E-state index contributed by atoms with van der Waals surface area (Å²) in [6.45, 7) is 0.158. The topological polar surface area (TPSA) is 108 Å². The van der Waals surface area contributed by atoms with E-state index in [0.29, 0.717) is 10.7 Å². The molecule has 2 rings (SSSR count). The number of hydrogen-bond acceptors (Lipinski definition) is 7. The number of nitrogen functional groups attached to an aromatic ring is 1. The van der Waals surface area contributed by atoms with E-state index in [1.807, 2.05) is 0 Å². The van der Waals surface area contributed by atoms with Gasteiger partial charge in [-0.1, -0.05) is 4.49 Å². The van der Waals surface area contributed by atoms with Crippen LogP contribution in [-0.2, 0) is 13.6 Å². The van der Waals surface area contributed by atoms with Crippen LogP contribution in [0, 0.1) is 0 Å². The van der Waals surface area contributed by atoms with Gasteiger partial charge < -0.3 is 14.6 Å². The summed E-state index contributed by atoms with van der Waals surface area (Å²) >= 11 is 1.09. The molecule has 8 nitrogen and oxygen atoms in total. The second-order valence-electron chi connectivity index (χ2n) is 3.34. The molecule has 9 heteroatoms. The van der Waals surface area contributed by atoms with Gasteiger partial charge in [-0.25, -0.2) is 5.84 Å². The summed E-state index contributed by atoms with van der Waals surface area (Å²) in [4.78, 5) is 23.1. The van der Waals surface area contributed by atoms with Crippen molar-refractivity contribution in [1.29, 1.82) is 0 Å². The van der Waals surface area contributed by atoms with Crippen molar-refractivity contribution in [2.24, 2.45) is 12.9 Å². The SMILES string of the molecule is Cn1ccn(Cc2nnsc2NN)c(=O)c1=O. The van der Waals surface area contributed by atoms with E-state index in [1.54, 1.807) is 0 Å². The fraction of sp³-hybridized carbons (Fsp3) is 0.250. The lowest BCUT2D eigenvalue weighted by Gasteiger charge is -2.04. The summed E-state index contributed by atoms with van der Waals surface area (Å²) in [5.41, 5.74) is 1.77. The summed E-state index contributed by atoms with van der Waals surface area (Å²) < 4.78 is 6.20. The molecule has 0 amide bonds. The van der Waals surface area contributed by atoms with Gasteiger partial charge in [-0.05, 0) is 0 Å². The highest BCUT2D eigenvalue weighted by molar-refractivity contribution is 7.10. The number of anilines is 1. The predicted octanol–water partition coefficient (Wildman–Crippen LogP) is -1.27. The average molecular weight is 254 g/mol. The second-order valence-corrected chi connectivity index (χ2v) is 4.09. The number of nitrogens with two attached hydrogens (primary N) is 1. The van der Waals surface area contributed by atoms with Gasteiger partial charge in [-0.15, -0.1) is 5.10 Å². The molecule has 2 heterocycles. The predicted molar refractivity (Wildman–Crippen MR) is 62.8 cm³/mol. The van der Waals surface area contributed by atoms with Crippen molar-refractivity contribution in [3.8, 4) is 0 Å². The van der Waals surface area contributed by atoms with Crippen molar-refractivity contribution in [2.45, 2.75) is 6.54 Å². The molecule has 2 aromatic rings. The third kappa shape index (κ3) is 2.10. The first-order valence-corrected chi connectivity index (χ1v) is 5.44. The standard InChI is InChI=1S/C8H10N6O2S/c1-13-2-3-14(8(16)7(13)15)4-5-6(10-9)17-12-11-5/h2-3,10H,4,9H2,1H3. The third-order valence-electron chi connectivity index (χ3n) is 2.24. The Balaban J connectivity index is 2.41. The molecule has 3 N–H and O–H groups in total. The van der Waals surface area contributed by atoms with Crippen LogP contribution in [0.15, 0.2) is 22.0 Å². The van der Waals surface area contributed by atoms with Crippen LogP contribution in [-0.4, -0.2) is 18.7 Å². The maximum absolute atomic E-state index is 11.6. The summed E-state index contributed by atoms with van der Waals surface area (Å²) in [6, 6.07) is 0. The van der Waals surface area contributed by atoms with E-state index in [0.717, 1.165) is 11.5 Å². The van der Waals surface area contributed by atoms with Gasteiger partial charge in [0, 0.05) is 31.0 Å². The number of aryl methyl sites for hydroxylation is 1. The fourth-order valence-electron chi connectivity index (χ4n) is 1.30. The minimum atomic E-state index is -0.606. The van der Waals surface area contributed by atoms with E-state index in [9.17, 15) is 9.59 Å². The van der Waals surface area contributed by atoms with E-state index in [2.05, 4.69) is 15.0 Å². The van der Waals surface area contributed by atoms with E-state index in [1.165, 1.54) is 28.6 Å². The molecule has 0 aliphatic rings. The lowest BCUT2D eigenvalue weighted by atomic mass is 10.4. The van der Waals surface area contributed by atoms with E-state index < -0.39 is 11.1 Å². The van der Waals surface area contributed by atoms with E-state index >= 15 is 0 Å². The van der Waals surface area contributed by atoms with Crippen molar-refractivity contribution in [1.82, 2.24) is 18.7 Å². The van der Waals surface area contributed by atoms with Crippen LogP contribution < -0.4 is 22.4 Å². The highest BCUT2D eigenvalue weighted by Gasteiger charge is 2.09. The maximum atomic E-state index is 11.6. The van der Waals surface area contributed by atoms with Gasteiger partial charge in [0.25, 0.3) is 0 Å². The number of rotatable bonds is 3. The molecule has 90 valence electrons. The molecule has 0 unspecified atom stereocenters. The van der Waals surface area contributed by atoms with Gasteiger partial charge in [0.1, 0.15) is 10.7 Å². The van der Waals surface area contributed by atoms with Crippen molar-refractivity contribution >= 4 is 16.5 Å². The Morgan fingerprint density at radius 3 is 2.88 bits per heavy atom. The molecule has 0 bridgehead atoms. The Bertz CT molecular complexity index is 642. The van der Waals surface area contributed by atoms with Crippen LogP contribution >= 0.6 is 11.5 Å². The first kappa shape index (κ1) is 11.5. The molecular weight excluding hydrogens is 244 g/mol. The average Bonchev–Trinajstić information content (AvgIpc) is 2.77.